The van der Waals surface area contributed by atoms with Gasteiger partial charge >= 0.3 is 17.9 Å². The monoisotopic (exact) mass is 308 g/mol. The van der Waals surface area contributed by atoms with E-state index in [0.29, 0.717) is 0 Å². The third-order valence-electron chi connectivity index (χ3n) is 2.45. The highest BCUT2D eigenvalue weighted by Crippen LogP contribution is 2.23. The Kier molecular flexibility index (Phi) is 5.59. The third-order valence-corrected chi connectivity index (χ3v) is 3.01. The minimum Gasteiger partial charge on any atom is -0.480 e. The number of esters is 1. The summed E-state index contributed by atoms with van der Waals surface area (Å²) >= 11 is 3.77. The van der Waals surface area contributed by atoms with Crippen LogP contribution in [0, 0.1) is 0 Å². The summed E-state index contributed by atoms with van der Waals surface area (Å²) in [7, 11) is 0. The number of carbonyl (C=O) groups excluding carboxylic acids is 1. The second-order valence-corrected chi connectivity index (χ2v) is 5.89. The molecule has 0 aromatic rings. The molecule has 2 atom stereocenters. The lowest BCUT2D eigenvalue weighted by Crippen LogP contribution is -2.65. The molecule has 0 fully saturated rings. The number of carboxylic acids is 2. The first-order valence-electron chi connectivity index (χ1n) is 5.67. The molecule has 0 bridgehead atoms. The molecular formula is C11H20N2O6S. The van der Waals surface area contributed by atoms with E-state index < -0.39 is 46.8 Å². The molecule has 0 aliphatic heterocycles. The Morgan fingerprint density at radius 2 is 1.55 bits per heavy atom. The number of hydrogen-bond donors (Lipinski definition) is 5. The molecule has 0 aliphatic carbocycles. The van der Waals surface area contributed by atoms with Crippen LogP contribution in [0.25, 0.3) is 0 Å². The highest BCUT2D eigenvalue weighted by Gasteiger charge is 2.52. The van der Waals surface area contributed by atoms with Gasteiger partial charge in [-0.15, -0.1) is 0 Å². The smallest absolute Gasteiger partial charge is 0.338 e. The summed E-state index contributed by atoms with van der Waals surface area (Å²) in [4.78, 5) is 34.3. The lowest BCUT2D eigenvalue weighted by atomic mass is 9.84. The van der Waals surface area contributed by atoms with Crippen LogP contribution in [0.4, 0.5) is 0 Å². The maximum absolute atomic E-state index is 11.9. The molecule has 0 heterocycles. The van der Waals surface area contributed by atoms with Crippen LogP contribution in [0.2, 0.25) is 0 Å². The number of hydrogen-bond acceptors (Lipinski definition) is 7. The molecule has 0 aromatic carbocycles. The SMILES string of the molecule is CC(C)(C)OC(=O)C(N)(C[C@](N)(CS)C(=O)O)C(=O)O. The zero-order chi connectivity index (χ0) is 16.4. The van der Waals surface area contributed by atoms with Crippen molar-refractivity contribution in [2.75, 3.05) is 5.75 Å². The van der Waals surface area contributed by atoms with Gasteiger partial charge in [0, 0.05) is 12.2 Å². The fourth-order valence-corrected chi connectivity index (χ4v) is 1.55. The molecule has 6 N–H and O–H groups in total. The van der Waals surface area contributed by atoms with Crippen LogP contribution in [0.15, 0.2) is 0 Å². The fraction of sp³-hybridized carbons (Fsp3) is 0.727. The summed E-state index contributed by atoms with van der Waals surface area (Å²) in [6, 6.07) is 0. The van der Waals surface area contributed by atoms with E-state index in [-0.39, 0.29) is 0 Å². The van der Waals surface area contributed by atoms with E-state index in [0.717, 1.165) is 0 Å². The number of ether oxygens (including phenoxy) is 1. The van der Waals surface area contributed by atoms with Crippen molar-refractivity contribution in [1.29, 1.82) is 0 Å². The minimum absolute atomic E-state index is 0.392. The normalized spacial score (nSPS) is 17.7. The second-order valence-electron chi connectivity index (χ2n) is 5.57. The van der Waals surface area contributed by atoms with E-state index in [1.54, 1.807) is 0 Å². The summed E-state index contributed by atoms with van der Waals surface area (Å²) in [6.07, 6.45) is -0.844. The quantitative estimate of drug-likeness (QED) is 0.243. The number of carboxylic acid groups (broad SMARTS) is 2. The van der Waals surface area contributed by atoms with Crippen LogP contribution >= 0.6 is 12.6 Å². The molecule has 116 valence electrons. The molecule has 0 spiro atoms. The van der Waals surface area contributed by atoms with Crippen molar-refractivity contribution in [2.24, 2.45) is 11.5 Å². The molecule has 1 unspecified atom stereocenters. The van der Waals surface area contributed by atoms with Crippen molar-refractivity contribution < 1.29 is 29.3 Å². The Balaban J connectivity index is 5.48. The van der Waals surface area contributed by atoms with Gasteiger partial charge in [-0.25, -0.2) is 9.59 Å². The topological polar surface area (TPSA) is 153 Å². The summed E-state index contributed by atoms with van der Waals surface area (Å²) in [5, 5.41) is 18.2. The van der Waals surface area contributed by atoms with E-state index in [9.17, 15) is 14.4 Å². The average Bonchev–Trinajstić information content (AvgIpc) is 2.25. The minimum atomic E-state index is -2.57. The predicted molar refractivity (Wildman–Crippen MR) is 73.4 cm³/mol. The van der Waals surface area contributed by atoms with Gasteiger partial charge in [0.05, 0.1) is 0 Å². The van der Waals surface area contributed by atoms with Gasteiger partial charge in [0.15, 0.2) is 0 Å². The Morgan fingerprint density at radius 3 is 1.80 bits per heavy atom. The highest BCUT2D eigenvalue weighted by molar-refractivity contribution is 7.80. The largest absolute Gasteiger partial charge is 0.480 e. The summed E-state index contributed by atoms with van der Waals surface area (Å²) in [5.41, 5.74) is 5.48. The zero-order valence-corrected chi connectivity index (χ0v) is 12.4. The maximum atomic E-state index is 11.9. The molecule has 0 aromatic heterocycles. The van der Waals surface area contributed by atoms with Gasteiger partial charge in [0.1, 0.15) is 11.1 Å². The molecule has 0 saturated heterocycles. The molecule has 20 heavy (non-hydrogen) atoms. The van der Waals surface area contributed by atoms with Crippen molar-refractivity contribution in [3.63, 3.8) is 0 Å². The Labute approximate surface area is 121 Å². The van der Waals surface area contributed by atoms with Crippen LogP contribution in [0.1, 0.15) is 27.2 Å². The van der Waals surface area contributed by atoms with E-state index in [2.05, 4.69) is 12.6 Å². The van der Waals surface area contributed by atoms with Gasteiger partial charge in [-0.1, -0.05) is 0 Å². The lowest BCUT2D eigenvalue weighted by molar-refractivity contribution is -0.170. The fourth-order valence-electron chi connectivity index (χ4n) is 1.30. The molecule has 0 rings (SSSR count). The van der Waals surface area contributed by atoms with Crippen LogP contribution in [-0.4, -0.2) is 50.6 Å². The Bertz CT molecular complexity index is 422. The van der Waals surface area contributed by atoms with E-state index in [4.69, 9.17) is 26.4 Å². The molecule has 0 saturated carbocycles. The van der Waals surface area contributed by atoms with E-state index in [1.165, 1.54) is 20.8 Å². The van der Waals surface area contributed by atoms with Gasteiger partial charge in [-0.2, -0.15) is 12.6 Å². The summed E-state index contributed by atoms with van der Waals surface area (Å²) in [6.45, 7) is 4.58. The number of nitrogens with two attached hydrogens (primary N) is 2. The zero-order valence-electron chi connectivity index (χ0n) is 11.5. The molecular weight excluding hydrogens is 288 g/mol. The highest BCUT2D eigenvalue weighted by atomic mass is 32.1. The van der Waals surface area contributed by atoms with Gasteiger partial charge in [0.25, 0.3) is 0 Å². The van der Waals surface area contributed by atoms with Gasteiger partial charge in [0.2, 0.25) is 5.54 Å². The first-order valence-corrected chi connectivity index (χ1v) is 6.30. The number of aliphatic carboxylic acids is 2. The van der Waals surface area contributed by atoms with Gasteiger partial charge in [-0.3, -0.25) is 4.79 Å². The summed E-state index contributed by atoms with van der Waals surface area (Å²) < 4.78 is 4.92. The van der Waals surface area contributed by atoms with Crippen LogP contribution in [-0.2, 0) is 19.1 Å². The van der Waals surface area contributed by atoms with Crippen molar-refractivity contribution in [1.82, 2.24) is 0 Å². The second kappa shape index (κ2) is 5.98. The Morgan fingerprint density at radius 1 is 1.10 bits per heavy atom. The molecule has 0 radical (unpaired) electrons. The first-order chi connectivity index (χ1) is 8.78. The summed E-state index contributed by atoms with van der Waals surface area (Å²) in [5.74, 6) is -4.87. The van der Waals surface area contributed by atoms with E-state index >= 15 is 0 Å². The molecule has 8 nitrogen and oxygen atoms in total. The predicted octanol–water partition coefficient (Wildman–Crippen LogP) is -0.788. The van der Waals surface area contributed by atoms with Crippen molar-refractivity contribution >= 4 is 30.5 Å². The van der Waals surface area contributed by atoms with Crippen LogP contribution in [0.3, 0.4) is 0 Å². The molecule has 0 aliphatic rings. The van der Waals surface area contributed by atoms with Crippen LogP contribution < -0.4 is 11.5 Å². The maximum Gasteiger partial charge on any atom is 0.338 e. The Hall–Kier alpha value is -1.32. The standard InChI is InChI=1S/C11H20N2O6S/c1-9(2,3)19-8(18)11(13,7(16)17)4-10(12,5-20)6(14)15/h20H,4-5,12-13H2,1-3H3,(H,14,15)(H,16,17)/t10-,11?/m0/s1. The van der Waals surface area contributed by atoms with Crippen molar-refractivity contribution in [2.45, 2.75) is 43.9 Å². The van der Waals surface area contributed by atoms with Crippen LogP contribution in [0.5, 0.6) is 0 Å². The molecule has 0 amide bonds. The van der Waals surface area contributed by atoms with Crippen molar-refractivity contribution in [3.05, 3.63) is 0 Å². The molecule has 9 heteroatoms. The number of carbonyl (C=O) groups is 3. The first kappa shape index (κ1) is 18.7. The third kappa shape index (κ3) is 4.36. The van der Waals surface area contributed by atoms with E-state index in [1.807, 2.05) is 0 Å². The lowest BCUT2D eigenvalue weighted by Gasteiger charge is -2.33. The van der Waals surface area contributed by atoms with Crippen molar-refractivity contribution in [3.8, 4) is 0 Å². The number of thiol groups is 1. The van der Waals surface area contributed by atoms with Gasteiger partial charge < -0.3 is 26.4 Å². The van der Waals surface area contributed by atoms with Gasteiger partial charge in [-0.05, 0) is 20.8 Å². The average molecular weight is 308 g/mol. The number of rotatable bonds is 6.